The first kappa shape index (κ1) is 13.4. The van der Waals surface area contributed by atoms with Crippen LogP contribution in [0.4, 0.5) is 0 Å². The number of rotatable bonds is 3. The standard InChI is InChI=1S/C14H18ClNO2/c1-16(13-5-7-18-8-6-13)14(17)12-4-2-3-11(9-12)10-15/h2-4,9,13H,5-8,10H2,1H3. The van der Waals surface area contributed by atoms with Gasteiger partial charge in [-0.05, 0) is 30.5 Å². The number of alkyl halides is 1. The van der Waals surface area contributed by atoms with Crippen LogP contribution in [0.2, 0.25) is 0 Å². The first-order chi connectivity index (χ1) is 8.72. The maximum atomic E-state index is 12.4. The van der Waals surface area contributed by atoms with Crippen molar-refractivity contribution < 1.29 is 9.53 Å². The van der Waals surface area contributed by atoms with E-state index >= 15 is 0 Å². The molecule has 1 aromatic carbocycles. The molecule has 1 aliphatic rings. The molecule has 98 valence electrons. The summed E-state index contributed by atoms with van der Waals surface area (Å²) >= 11 is 5.79. The van der Waals surface area contributed by atoms with E-state index in [0.29, 0.717) is 11.4 Å². The minimum atomic E-state index is 0.0638. The van der Waals surface area contributed by atoms with Crippen LogP contribution in [0, 0.1) is 0 Å². The van der Waals surface area contributed by atoms with Crippen LogP contribution >= 0.6 is 11.6 Å². The monoisotopic (exact) mass is 267 g/mol. The van der Waals surface area contributed by atoms with Gasteiger partial charge in [-0.25, -0.2) is 0 Å². The van der Waals surface area contributed by atoms with Crippen molar-refractivity contribution in [3.8, 4) is 0 Å². The molecule has 0 aliphatic carbocycles. The van der Waals surface area contributed by atoms with E-state index in [1.165, 1.54) is 0 Å². The Kier molecular flexibility index (Phi) is 4.61. The minimum absolute atomic E-state index is 0.0638. The van der Waals surface area contributed by atoms with E-state index in [1.54, 1.807) is 0 Å². The summed E-state index contributed by atoms with van der Waals surface area (Å²) in [6.07, 6.45) is 1.83. The second-order valence-electron chi connectivity index (χ2n) is 4.59. The van der Waals surface area contributed by atoms with Gasteiger partial charge < -0.3 is 9.64 Å². The second kappa shape index (κ2) is 6.21. The summed E-state index contributed by atoms with van der Waals surface area (Å²) in [7, 11) is 1.87. The molecule has 3 nitrogen and oxygen atoms in total. The molecular formula is C14H18ClNO2. The predicted octanol–water partition coefficient (Wildman–Crippen LogP) is 2.68. The lowest BCUT2D eigenvalue weighted by Crippen LogP contribution is -2.40. The van der Waals surface area contributed by atoms with Crippen LogP contribution in [-0.4, -0.2) is 37.1 Å². The first-order valence-electron chi connectivity index (χ1n) is 6.22. The van der Waals surface area contributed by atoms with E-state index in [-0.39, 0.29) is 11.9 Å². The summed E-state index contributed by atoms with van der Waals surface area (Å²) < 4.78 is 5.32. The Labute approximate surface area is 113 Å². The largest absolute Gasteiger partial charge is 0.381 e. The highest BCUT2D eigenvalue weighted by Gasteiger charge is 2.23. The maximum Gasteiger partial charge on any atom is 0.253 e. The molecule has 1 aromatic rings. The average Bonchev–Trinajstić information content (AvgIpc) is 2.46. The number of nitrogens with zero attached hydrogens (tertiary/aromatic N) is 1. The number of hydrogen-bond acceptors (Lipinski definition) is 2. The molecule has 0 saturated carbocycles. The number of carbonyl (C=O) groups excluding carboxylic acids is 1. The minimum Gasteiger partial charge on any atom is -0.381 e. The molecule has 1 saturated heterocycles. The molecule has 2 rings (SSSR count). The zero-order chi connectivity index (χ0) is 13.0. The molecule has 0 aromatic heterocycles. The zero-order valence-electron chi connectivity index (χ0n) is 10.6. The highest BCUT2D eigenvalue weighted by molar-refractivity contribution is 6.17. The molecule has 1 fully saturated rings. The summed E-state index contributed by atoms with van der Waals surface area (Å²) in [6.45, 7) is 1.48. The van der Waals surface area contributed by atoms with Gasteiger partial charge in [-0.2, -0.15) is 0 Å². The lowest BCUT2D eigenvalue weighted by molar-refractivity contribution is 0.0362. The van der Waals surface area contributed by atoms with Gasteiger partial charge in [-0.3, -0.25) is 4.79 Å². The second-order valence-corrected chi connectivity index (χ2v) is 4.86. The zero-order valence-corrected chi connectivity index (χ0v) is 11.3. The molecule has 0 unspecified atom stereocenters. The van der Waals surface area contributed by atoms with Crippen molar-refractivity contribution in [1.82, 2.24) is 4.90 Å². The van der Waals surface area contributed by atoms with Crippen LogP contribution < -0.4 is 0 Å². The number of benzene rings is 1. The summed E-state index contributed by atoms with van der Waals surface area (Å²) in [4.78, 5) is 14.2. The van der Waals surface area contributed by atoms with Gasteiger partial charge in [0.25, 0.3) is 5.91 Å². The lowest BCUT2D eigenvalue weighted by atomic mass is 10.1. The van der Waals surface area contributed by atoms with Crippen LogP contribution in [-0.2, 0) is 10.6 Å². The highest BCUT2D eigenvalue weighted by atomic mass is 35.5. The van der Waals surface area contributed by atoms with Gasteiger partial charge in [0.05, 0.1) is 0 Å². The fourth-order valence-electron chi connectivity index (χ4n) is 2.23. The Hall–Kier alpha value is -1.06. The summed E-state index contributed by atoms with van der Waals surface area (Å²) in [5, 5.41) is 0. The molecule has 0 N–H and O–H groups in total. The van der Waals surface area contributed by atoms with E-state index < -0.39 is 0 Å². The molecule has 0 radical (unpaired) electrons. The van der Waals surface area contributed by atoms with Crippen LogP contribution in [0.3, 0.4) is 0 Å². The third-order valence-corrected chi connectivity index (χ3v) is 3.70. The Balaban J connectivity index is 2.09. The fraction of sp³-hybridized carbons (Fsp3) is 0.500. The normalized spacial score (nSPS) is 16.6. The number of ether oxygens (including phenoxy) is 1. The van der Waals surface area contributed by atoms with Gasteiger partial charge in [0.15, 0.2) is 0 Å². The van der Waals surface area contributed by atoms with E-state index in [2.05, 4.69) is 0 Å². The van der Waals surface area contributed by atoms with Crippen LogP contribution in [0.25, 0.3) is 0 Å². The van der Waals surface area contributed by atoms with E-state index in [0.717, 1.165) is 31.6 Å². The molecular weight excluding hydrogens is 250 g/mol. The van der Waals surface area contributed by atoms with Crippen molar-refractivity contribution in [2.24, 2.45) is 0 Å². The number of hydrogen-bond donors (Lipinski definition) is 0. The summed E-state index contributed by atoms with van der Waals surface area (Å²) in [6, 6.07) is 7.80. The highest BCUT2D eigenvalue weighted by Crippen LogP contribution is 2.16. The molecule has 0 bridgehead atoms. The Morgan fingerprint density at radius 3 is 2.83 bits per heavy atom. The van der Waals surface area contributed by atoms with Gasteiger partial charge in [0.2, 0.25) is 0 Å². The van der Waals surface area contributed by atoms with Crippen molar-refractivity contribution in [3.63, 3.8) is 0 Å². The third-order valence-electron chi connectivity index (χ3n) is 3.39. The fourth-order valence-corrected chi connectivity index (χ4v) is 2.40. The van der Waals surface area contributed by atoms with Crippen LogP contribution in [0.5, 0.6) is 0 Å². The molecule has 1 heterocycles. The quantitative estimate of drug-likeness (QED) is 0.788. The van der Waals surface area contributed by atoms with Gasteiger partial charge in [-0.15, -0.1) is 11.6 Å². The molecule has 1 amide bonds. The number of amides is 1. The van der Waals surface area contributed by atoms with E-state index in [1.807, 2.05) is 36.2 Å². The Morgan fingerprint density at radius 1 is 1.44 bits per heavy atom. The Bertz CT molecular complexity index is 416. The smallest absolute Gasteiger partial charge is 0.253 e. The third kappa shape index (κ3) is 3.03. The molecule has 18 heavy (non-hydrogen) atoms. The SMILES string of the molecule is CN(C(=O)c1cccc(CCl)c1)C1CCOCC1. The molecule has 0 spiro atoms. The number of carbonyl (C=O) groups is 1. The van der Waals surface area contributed by atoms with Gasteiger partial charge in [-0.1, -0.05) is 12.1 Å². The summed E-state index contributed by atoms with van der Waals surface area (Å²) in [5.41, 5.74) is 1.69. The van der Waals surface area contributed by atoms with Gasteiger partial charge in [0.1, 0.15) is 0 Å². The Morgan fingerprint density at radius 2 is 2.17 bits per heavy atom. The van der Waals surface area contributed by atoms with Crippen molar-refractivity contribution in [3.05, 3.63) is 35.4 Å². The van der Waals surface area contributed by atoms with Crippen LogP contribution in [0.1, 0.15) is 28.8 Å². The van der Waals surface area contributed by atoms with Gasteiger partial charge in [0, 0.05) is 37.7 Å². The van der Waals surface area contributed by atoms with Gasteiger partial charge >= 0.3 is 0 Å². The van der Waals surface area contributed by atoms with E-state index in [4.69, 9.17) is 16.3 Å². The van der Waals surface area contributed by atoms with E-state index in [9.17, 15) is 4.79 Å². The lowest BCUT2D eigenvalue weighted by Gasteiger charge is -2.31. The summed E-state index contributed by atoms with van der Waals surface area (Å²) in [5.74, 6) is 0.496. The maximum absolute atomic E-state index is 12.4. The molecule has 1 aliphatic heterocycles. The predicted molar refractivity (Wildman–Crippen MR) is 71.9 cm³/mol. The van der Waals surface area contributed by atoms with Crippen molar-refractivity contribution in [2.45, 2.75) is 24.8 Å². The first-order valence-corrected chi connectivity index (χ1v) is 6.75. The van der Waals surface area contributed by atoms with Crippen molar-refractivity contribution >= 4 is 17.5 Å². The molecule has 4 heteroatoms. The van der Waals surface area contributed by atoms with Crippen molar-refractivity contribution in [1.29, 1.82) is 0 Å². The van der Waals surface area contributed by atoms with Crippen molar-refractivity contribution in [2.75, 3.05) is 20.3 Å². The van der Waals surface area contributed by atoms with Crippen LogP contribution in [0.15, 0.2) is 24.3 Å². The topological polar surface area (TPSA) is 29.5 Å². The average molecular weight is 268 g/mol. The molecule has 0 atom stereocenters. The number of halogens is 1.